The van der Waals surface area contributed by atoms with Crippen LogP contribution in [0.4, 0.5) is 5.69 Å². The van der Waals surface area contributed by atoms with Crippen LogP contribution in [0, 0.1) is 0 Å². The van der Waals surface area contributed by atoms with E-state index in [0.717, 1.165) is 22.7 Å². The second-order valence-corrected chi connectivity index (χ2v) is 8.11. The molecule has 34 heavy (non-hydrogen) atoms. The van der Waals surface area contributed by atoms with Crippen molar-refractivity contribution < 1.29 is 23.5 Å². The second-order valence-electron chi connectivity index (χ2n) is 8.11. The van der Waals surface area contributed by atoms with E-state index in [2.05, 4.69) is 5.10 Å². The van der Waals surface area contributed by atoms with Crippen LogP contribution in [0.15, 0.2) is 76.4 Å². The van der Waals surface area contributed by atoms with Crippen molar-refractivity contribution in [2.45, 2.75) is 18.6 Å². The molecular formula is C25H24N4O5. The van der Waals surface area contributed by atoms with Crippen molar-refractivity contribution in [3.8, 4) is 11.5 Å². The fourth-order valence-electron chi connectivity index (χ4n) is 4.24. The SMILES string of the molecule is COc1ccc(C2=NN(C(=O)CN3C[C@H](C(N)=O)Oc4ccccc43)[C@@H](c3ccco3)C2)cc1. The third-order valence-electron chi connectivity index (χ3n) is 5.97. The van der Waals surface area contributed by atoms with Crippen molar-refractivity contribution in [3.63, 3.8) is 0 Å². The Morgan fingerprint density at radius 2 is 1.91 bits per heavy atom. The first-order valence-electron chi connectivity index (χ1n) is 10.9. The molecule has 0 saturated carbocycles. The van der Waals surface area contributed by atoms with Crippen LogP contribution < -0.4 is 20.1 Å². The molecule has 0 bridgehead atoms. The third kappa shape index (κ3) is 4.07. The van der Waals surface area contributed by atoms with Crippen LogP contribution in [0.1, 0.15) is 23.8 Å². The predicted molar refractivity (Wildman–Crippen MR) is 125 cm³/mol. The van der Waals surface area contributed by atoms with Gasteiger partial charge in [0.2, 0.25) is 0 Å². The average Bonchev–Trinajstić information content (AvgIpc) is 3.54. The standard InChI is InChI=1S/C25H24N4O5/c1-32-17-10-8-16(9-11-17)18-13-20(21-7-4-12-33-21)29(27-18)24(30)15-28-14-23(25(26)31)34-22-6-3-2-5-19(22)28/h2-12,20,23H,13-15H2,1H3,(H2,26,31)/t20-,23-/m1/s1. The zero-order valence-corrected chi connectivity index (χ0v) is 18.6. The number of hydrogen-bond donors (Lipinski definition) is 1. The van der Waals surface area contributed by atoms with Gasteiger partial charge in [0.15, 0.2) is 6.10 Å². The van der Waals surface area contributed by atoms with E-state index in [-0.39, 0.29) is 25.0 Å². The second kappa shape index (κ2) is 8.93. The van der Waals surface area contributed by atoms with Gasteiger partial charge in [0, 0.05) is 6.42 Å². The molecule has 9 nitrogen and oxygen atoms in total. The number of benzene rings is 2. The molecule has 1 aromatic heterocycles. The topological polar surface area (TPSA) is 111 Å². The largest absolute Gasteiger partial charge is 0.497 e. The molecule has 2 aliphatic rings. The summed E-state index contributed by atoms with van der Waals surface area (Å²) in [6, 6.07) is 18.1. The molecule has 2 amide bonds. The number of fused-ring (bicyclic) bond motifs is 1. The van der Waals surface area contributed by atoms with E-state index in [1.807, 2.05) is 42.5 Å². The molecule has 2 N–H and O–H groups in total. The highest BCUT2D eigenvalue weighted by Gasteiger charge is 2.37. The smallest absolute Gasteiger partial charge is 0.262 e. The Hall–Kier alpha value is -4.27. The van der Waals surface area contributed by atoms with Crippen molar-refractivity contribution in [2.24, 2.45) is 10.8 Å². The van der Waals surface area contributed by atoms with Gasteiger partial charge in [-0.05, 0) is 54.1 Å². The van der Waals surface area contributed by atoms with Gasteiger partial charge >= 0.3 is 0 Å². The summed E-state index contributed by atoms with van der Waals surface area (Å²) in [5.41, 5.74) is 7.90. The number of hydrogen-bond acceptors (Lipinski definition) is 7. The zero-order valence-electron chi connectivity index (χ0n) is 18.6. The number of carbonyl (C=O) groups excluding carboxylic acids is 2. The molecule has 0 fully saturated rings. The summed E-state index contributed by atoms with van der Waals surface area (Å²) < 4.78 is 16.6. The number of furan rings is 1. The zero-order chi connectivity index (χ0) is 23.7. The molecule has 2 aliphatic heterocycles. The molecule has 9 heteroatoms. The van der Waals surface area contributed by atoms with Crippen LogP contribution >= 0.6 is 0 Å². The Labute approximate surface area is 196 Å². The van der Waals surface area contributed by atoms with Crippen molar-refractivity contribution >= 4 is 23.2 Å². The number of anilines is 1. The summed E-state index contributed by atoms with van der Waals surface area (Å²) in [4.78, 5) is 27.2. The highest BCUT2D eigenvalue weighted by molar-refractivity contribution is 6.03. The van der Waals surface area contributed by atoms with E-state index >= 15 is 0 Å². The quantitative estimate of drug-likeness (QED) is 0.606. The van der Waals surface area contributed by atoms with Crippen molar-refractivity contribution in [3.05, 3.63) is 78.3 Å². The van der Waals surface area contributed by atoms with Gasteiger partial charge in [-0.15, -0.1) is 0 Å². The maximum Gasteiger partial charge on any atom is 0.262 e. The number of carbonyl (C=O) groups is 2. The fraction of sp³-hybridized carbons (Fsp3) is 0.240. The number of nitrogens with zero attached hydrogens (tertiary/aromatic N) is 3. The normalized spacial score (nSPS) is 19.3. The molecule has 0 aliphatic carbocycles. The molecule has 0 saturated heterocycles. The lowest BCUT2D eigenvalue weighted by Crippen LogP contribution is -2.50. The Morgan fingerprint density at radius 3 is 2.62 bits per heavy atom. The molecule has 2 aromatic carbocycles. The first kappa shape index (κ1) is 21.6. The van der Waals surface area contributed by atoms with Crippen LogP contribution in [0.25, 0.3) is 0 Å². The van der Waals surface area contributed by atoms with Gasteiger partial charge in [-0.3, -0.25) is 9.59 Å². The molecule has 174 valence electrons. The van der Waals surface area contributed by atoms with Gasteiger partial charge in [0.25, 0.3) is 11.8 Å². The number of para-hydroxylation sites is 2. The molecule has 0 spiro atoms. The summed E-state index contributed by atoms with van der Waals surface area (Å²) in [6.45, 7) is 0.174. The van der Waals surface area contributed by atoms with Crippen LogP contribution in [-0.2, 0) is 9.59 Å². The lowest BCUT2D eigenvalue weighted by Gasteiger charge is -2.35. The number of rotatable bonds is 6. The molecular weight excluding hydrogens is 436 g/mol. The molecule has 0 unspecified atom stereocenters. The third-order valence-corrected chi connectivity index (χ3v) is 5.97. The number of methoxy groups -OCH3 is 1. The molecule has 5 rings (SSSR count). The maximum atomic E-state index is 13.5. The summed E-state index contributed by atoms with van der Waals surface area (Å²) in [5, 5.41) is 6.14. The highest BCUT2D eigenvalue weighted by Crippen LogP contribution is 2.36. The Bertz CT molecular complexity index is 1220. The average molecular weight is 460 g/mol. The van der Waals surface area contributed by atoms with Gasteiger partial charge in [-0.25, -0.2) is 5.01 Å². The van der Waals surface area contributed by atoms with E-state index in [0.29, 0.717) is 17.9 Å². The number of nitrogens with two attached hydrogens (primary N) is 1. The van der Waals surface area contributed by atoms with E-state index in [9.17, 15) is 9.59 Å². The molecule has 0 radical (unpaired) electrons. The lowest BCUT2D eigenvalue weighted by molar-refractivity contribution is -0.132. The minimum absolute atomic E-state index is 0.000748. The lowest BCUT2D eigenvalue weighted by atomic mass is 10.0. The minimum atomic E-state index is -0.847. The number of amides is 2. The highest BCUT2D eigenvalue weighted by atomic mass is 16.5. The summed E-state index contributed by atoms with van der Waals surface area (Å²) >= 11 is 0. The van der Waals surface area contributed by atoms with Gasteiger partial charge in [-0.2, -0.15) is 5.10 Å². The first-order valence-corrected chi connectivity index (χ1v) is 10.9. The van der Waals surface area contributed by atoms with E-state index < -0.39 is 12.0 Å². The Balaban J connectivity index is 1.43. The van der Waals surface area contributed by atoms with Crippen molar-refractivity contribution in [1.82, 2.24) is 5.01 Å². The van der Waals surface area contributed by atoms with Crippen LogP contribution in [0.5, 0.6) is 11.5 Å². The van der Waals surface area contributed by atoms with E-state index in [1.54, 1.807) is 36.5 Å². The van der Waals surface area contributed by atoms with E-state index in [4.69, 9.17) is 19.6 Å². The van der Waals surface area contributed by atoms with Gasteiger partial charge in [-0.1, -0.05) is 12.1 Å². The number of hydrazone groups is 1. The predicted octanol–water partition coefficient (Wildman–Crippen LogP) is 2.72. The monoisotopic (exact) mass is 460 g/mol. The molecule has 2 atom stereocenters. The van der Waals surface area contributed by atoms with Gasteiger partial charge < -0.3 is 24.5 Å². The number of ether oxygens (including phenoxy) is 2. The number of primary amides is 1. The van der Waals surface area contributed by atoms with Gasteiger partial charge in [0.05, 0.1) is 37.9 Å². The van der Waals surface area contributed by atoms with Crippen molar-refractivity contribution in [2.75, 3.05) is 25.1 Å². The fourth-order valence-corrected chi connectivity index (χ4v) is 4.24. The Kier molecular flexibility index (Phi) is 5.67. The maximum absolute atomic E-state index is 13.5. The van der Waals surface area contributed by atoms with Crippen molar-refractivity contribution in [1.29, 1.82) is 0 Å². The summed E-state index contributed by atoms with van der Waals surface area (Å²) in [5.74, 6) is 1.09. The van der Waals surface area contributed by atoms with Gasteiger partial charge in [0.1, 0.15) is 23.3 Å². The minimum Gasteiger partial charge on any atom is -0.497 e. The molecule has 3 aromatic rings. The van der Waals surface area contributed by atoms with E-state index in [1.165, 1.54) is 5.01 Å². The summed E-state index contributed by atoms with van der Waals surface area (Å²) in [6.07, 6.45) is 1.24. The summed E-state index contributed by atoms with van der Waals surface area (Å²) in [7, 11) is 1.61. The van der Waals surface area contributed by atoms with Crippen LogP contribution in [0.2, 0.25) is 0 Å². The van der Waals surface area contributed by atoms with Crippen LogP contribution in [-0.4, -0.2) is 48.8 Å². The Morgan fingerprint density at radius 1 is 1.12 bits per heavy atom. The first-order chi connectivity index (χ1) is 16.5. The van der Waals surface area contributed by atoms with Crippen LogP contribution in [0.3, 0.4) is 0 Å². The molecule has 3 heterocycles.